The Morgan fingerprint density at radius 3 is 2.77 bits per heavy atom. The van der Waals surface area contributed by atoms with Gasteiger partial charge in [0.1, 0.15) is 5.69 Å². The second-order valence-electron chi connectivity index (χ2n) is 4.95. The number of carbonyl (C=O) groups is 1. The topological polar surface area (TPSA) is 66.7 Å². The predicted molar refractivity (Wildman–Crippen MR) is 74.2 cm³/mol. The first kappa shape index (κ1) is 15.1. The Morgan fingerprint density at radius 1 is 1.32 bits per heavy atom. The second-order valence-corrected chi connectivity index (χ2v) is 5.35. The van der Waals surface area contributed by atoms with Crippen molar-refractivity contribution >= 4 is 29.1 Å². The molecule has 9 heteroatoms. The van der Waals surface area contributed by atoms with Gasteiger partial charge in [-0.1, -0.05) is 11.6 Å². The second kappa shape index (κ2) is 5.44. The van der Waals surface area contributed by atoms with Gasteiger partial charge < -0.3 is 5.32 Å². The summed E-state index contributed by atoms with van der Waals surface area (Å²) in [6.45, 7) is 1.13. The summed E-state index contributed by atoms with van der Waals surface area (Å²) in [5.41, 5.74) is -0.382. The van der Waals surface area contributed by atoms with Gasteiger partial charge in [-0.3, -0.25) is 9.78 Å². The number of hydrogen-bond donors (Lipinski definition) is 1. The van der Waals surface area contributed by atoms with Gasteiger partial charge >= 0.3 is 6.18 Å². The smallest absolute Gasteiger partial charge is 0.311 e. The average molecular weight is 331 g/mol. The highest BCUT2D eigenvalue weighted by Crippen LogP contribution is 2.31. The summed E-state index contributed by atoms with van der Waals surface area (Å²) >= 11 is 5.85. The molecule has 5 nitrogen and oxygen atoms in total. The van der Waals surface area contributed by atoms with Gasteiger partial charge in [0, 0.05) is 18.5 Å². The number of rotatable bonds is 1. The number of carbonyl (C=O) groups excluding carboxylic acids is 1. The van der Waals surface area contributed by atoms with E-state index in [1.54, 1.807) is 0 Å². The van der Waals surface area contributed by atoms with Gasteiger partial charge in [0.25, 0.3) is 5.91 Å². The summed E-state index contributed by atoms with van der Waals surface area (Å²) in [7, 11) is 0. The maximum absolute atomic E-state index is 12.6. The third-order valence-corrected chi connectivity index (χ3v) is 3.75. The van der Waals surface area contributed by atoms with E-state index in [9.17, 15) is 18.0 Å². The normalized spacial score (nSPS) is 22.0. The van der Waals surface area contributed by atoms with Crippen LogP contribution >= 0.6 is 11.6 Å². The molecular weight excluding hydrogens is 321 g/mol. The van der Waals surface area contributed by atoms with Crippen molar-refractivity contribution < 1.29 is 18.0 Å². The molecule has 0 aliphatic carbocycles. The van der Waals surface area contributed by atoms with Gasteiger partial charge in [-0.15, -0.1) is 0 Å². The highest BCUT2D eigenvalue weighted by atomic mass is 35.5. The lowest BCUT2D eigenvalue weighted by molar-refractivity contribution is -0.137. The number of halogens is 4. The van der Waals surface area contributed by atoms with Crippen LogP contribution in [0.15, 0.2) is 22.2 Å². The lowest BCUT2D eigenvalue weighted by atomic mass is 9.94. The predicted octanol–water partition coefficient (Wildman–Crippen LogP) is 2.09. The fourth-order valence-corrected chi connectivity index (χ4v) is 2.59. The molecule has 0 spiro atoms. The molecule has 0 bridgehead atoms. The molecule has 0 saturated carbocycles. The molecule has 1 amide bonds. The van der Waals surface area contributed by atoms with Crippen molar-refractivity contribution in [3.63, 3.8) is 0 Å². The molecule has 0 aromatic carbocycles. The van der Waals surface area contributed by atoms with E-state index in [4.69, 9.17) is 11.6 Å². The van der Waals surface area contributed by atoms with Crippen LogP contribution in [-0.2, 0) is 11.0 Å². The molecule has 1 aromatic heterocycles. The molecule has 1 saturated heterocycles. The third-order valence-electron chi connectivity index (χ3n) is 3.46. The lowest BCUT2D eigenvalue weighted by Gasteiger charge is -2.25. The first-order valence-corrected chi connectivity index (χ1v) is 6.88. The van der Waals surface area contributed by atoms with Crippen LogP contribution in [0.25, 0.3) is 0 Å². The maximum Gasteiger partial charge on any atom is 0.417 e. The van der Waals surface area contributed by atoms with E-state index in [0.29, 0.717) is 31.4 Å². The largest absolute Gasteiger partial charge is 0.417 e. The molecule has 1 unspecified atom stereocenters. The van der Waals surface area contributed by atoms with Crippen molar-refractivity contribution in [2.75, 3.05) is 13.1 Å². The van der Waals surface area contributed by atoms with Crippen molar-refractivity contribution in [2.45, 2.75) is 12.6 Å². The number of amides is 1. The summed E-state index contributed by atoms with van der Waals surface area (Å²) in [4.78, 5) is 23.7. The van der Waals surface area contributed by atoms with Crippen LogP contribution in [0.4, 0.5) is 13.2 Å². The minimum atomic E-state index is -4.54. The Bertz CT molecular complexity index is 699. The quantitative estimate of drug-likeness (QED) is 0.857. The Hall–Kier alpha value is -1.80. The van der Waals surface area contributed by atoms with Crippen molar-refractivity contribution in [3.05, 3.63) is 28.5 Å². The number of alkyl halides is 3. The van der Waals surface area contributed by atoms with Crippen LogP contribution in [0, 0.1) is 5.92 Å². The molecule has 116 valence electrons. The minimum Gasteiger partial charge on any atom is -0.311 e. The Morgan fingerprint density at radius 2 is 2.09 bits per heavy atom. The van der Waals surface area contributed by atoms with E-state index < -0.39 is 11.7 Å². The van der Waals surface area contributed by atoms with Gasteiger partial charge in [-0.2, -0.15) is 18.2 Å². The molecule has 22 heavy (non-hydrogen) atoms. The van der Waals surface area contributed by atoms with Crippen LogP contribution in [0.3, 0.4) is 0 Å². The van der Waals surface area contributed by atoms with Crippen molar-refractivity contribution in [3.8, 4) is 0 Å². The molecule has 1 aromatic rings. The Kier molecular flexibility index (Phi) is 3.73. The number of hydrogen-bond acceptors (Lipinski definition) is 4. The van der Waals surface area contributed by atoms with Gasteiger partial charge in [-0.25, -0.2) is 4.99 Å². The molecule has 1 fully saturated rings. The van der Waals surface area contributed by atoms with Crippen LogP contribution in [0.2, 0.25) is 5.02 Å². The fourth-order valence-electron chi connectivity index (χ4n) is 2.34. The fraction of sp³-hybridized carbons (Fsp3) is 0.385. The Labute approximate surface area is 128 Å². The highest BCUT2D eigenvalue weighted by molar-refractivity contribution is 6.35. The van der Waals surface area contributed by atoms with E-state index in [0.717, 1.165) is 6.07 Å². The standard InChI is InChI=1S/C13H10ClF3N4O/c14-8-3-6(13(15,16)17)4-19-10(8)11-20-9-5-18-2-1-7(9)12(22)21-11/h3-4,7,18H,1-2,5H2. The first-order chi connectivity index (χ1) is 10.4. The van der Waals surface area contributed by atoms with Crippen LogP contribution in [0.5, 0.6) is 0 Å². The highest BCUT2D eigenvalue weighted by Gasteiger charge is 2.34. The van der Waals surface area contributed by atoms with Crippen molar-refractivity contribution in [1.82, 2.24) is 10.3 Å². The van der Waals surface area contributed by atoms with E-state index in [2.05, 4.69) is 20.3 Å². The summed E-state index contributed by atoms with van der Waals surface area (Å²) in [5, 5.41) is 2.84. The summed E-state index contributed by atoms with van der Waals surface area (Å²) in [6.07, 6.45) is -3.29. The number of nitrogens with one attached hydrogen (secondary N) is 1. The van der Waals surface area contributed by atoms with Crippen molar-refractivity contribution in [1.29, 1.82) is 0 Å². The molecule has 1 N–H and O–H groups in total. The summed E-state index contributed by atoms with van der Waals surface area (Å²) < 4.78 is 37.8. The summed E-state index contributed by atoms with van der Waals surface area (Å²) in [6, 6.07) is 0.752. The molecule has 2 aliphatic rings. The van der Waals surface area contributed by atoms with Gasteiger partial charge in [-0.05, 0) is 19.0 Å². The number of aliphatic imine (C=N–C) groups is 2. The minimum absolute atomic E-state index is 0.0282. The number of amidine groups is 1. The van der Waals surface area contributed by atoms with E-state index in [1.165, 1.54) is 0 Å². The molecule has 2 aliphatic heterocycles. The monoisotopic (exact) mass is 330 g/mol. The SMILES string of the molecule is O=C1N=C(c2ncc(C(F)(F)F)cc2Cl)N=C2CNCCC12. The molecule has 0 radical (unpaired) electrons. The van der Waals surface area contributed by atoms with Gasteiger partial charge in [0.15, 0.2) is 5.84 Å². The molecule has 3 heterocycles. The number of fused-ring (bicyclic) bond motifs is 1. The lowest BCUT2D eigenvalue weighted by Crippen LogP contribution is -2.42. The molecule has 3 rings (SSSR count). The number of aromatic nitrogens is 1. The first-order valence-electron chi connectivity index (χ1n) is 6.50. The van der Waals surface area contributed by atoms with Crippen LogP contribution in [-0.4, -0.2) is 35.5 Å². The van der Waals surface area contributed by atoms with Crippen LogP contribution in [0.1, 0.15) is 17.7 Å². The van der Waals surface area contributed by atoms with Crippen molar-refractivity contribution in [2.24, 2.45) is 15.9 Å². The van der Waals surface area contributed by atoms with Gasteiger partial charge in [0.05, 0.1) is 16.5 Å². The summed E-state index contributed by atoms with van der Waals surface area (Å²) in [5.74, 6) is -0.767. The number of piperidine rings is 1. The Balaban J connectivity index is 1.98. The zero-order valence-electron chi connectivity index (χ0n) is 11.1. The third kappa shape index (κ3) is 2.76. The number of pyridine rings is 1. The number of nitrogens with zero attached hydrogens (tertiary/aromatic N) is 3. The zero-order chi connectivity index (χ0) is 15.9. The molecular formula is C13H10ClF3N4O. The average Bonchev–Trinajstić information content (AvgIpc) is 2.46. The molecule has 1 atom stereocenters. The maximum atomic E-state index is 12.6. The van der Waals surface area contributed by atoms with E-state index in [-0.39, 0.29) is 28.4 Å². The van der Waals surface area contributed by atoms with E-state index >= 15 is 0 Å². The zero-order valence-corrected chi connectivity index (χ0v) is 11.9. The van der Waals surface area contributed by atoms with E-state index in [1.807, 2.05) is 0 Å². The van der Waals surface area contributed by atoms with Gasteiger partial charge in [0.2, 0.25) is 0 Å². The van der Waals surface area contributed by atoms with Crippen LogP contribution < -0.4 is 5.32 Å².